The first-order valence-corrected chi connectivity index (χ1v) is 8.06. The maximum atomic E-state index is 12.6. The fourth-order valence-electron chi connectivity index (χ4n) is 3.31. The van der Waals surface area contributed by atoms with Crippen molar-refractivity contribution in [3.05, 3.63) is 42.5 Å². The number of nitrogens with zero attached hydrogens (tertiary/aromatic N) is 6. The van der Waals surface area contributed by atoms with Gasteiger partial charge in [-0.05, 0) is 0 Å². The number of hydrogen-bond acceptors (Lipinski definition) is 6. The van der Waals surface area contributed by atoms with Crippen LogP contribution in [0.25, 0.3) is 0 Å². The average Bonchev–Trinajstić information content (AvgIpc) is 3.24. The summed E-state index contributed by atoms with van der Waals surface area (Å²) < 4.78 is 7.55. The van der Waals surface area contributed by atoms with Crippen LogP contribution in [-0.4, -0.2) is 73.0 Å². The Morgan fingerprint density at radius 2 is 2.16 bits per heavy atom. The number of amides is 2. The zero-order valence-electron chi connectivity index (χ0n) is 13.8. The van der Waals surface area contributed by atoms with Crippen molar-refractivity contribution in [1.82, 2.24) is 29.3 Å². The van der Waals surface area contributed by atoms with Gasteiger partial charge in [0, 0.05) is 44.9 Å². The smallest absolute Gasteiger partial charge is 0.274 e. The predicted molar refractivity (Wildman–Crippen MR) is 85.2 cm³/mol. The number of likely N-dealkylation sites (tertiary alicyclic amines) is 1. The SMILES string of the molecule is Cn1ccnc1CN1C(=O)CO[C@H]2CN(C(=O)c3cnccn3)C[C@H]21. The number of morpholine rings is 1. The Morgan fingerprint density at radius 3 is 2.88 bits per heavy atom. The van der Waals surface area contributed by atoms with Gasteiger partial charge in [0.1, 0.15) is 18.1 Å². The van der Waals surface area contributed by atoms with E-state index in [0.29, 0.717) is 25.3 Å². The average molecular weight is 342 g/mol. The lowest BCUT2D eigenvalue weighted by molar-refractivity contribution is -0.154. The molecule has 2 fully saturated rings. The van der Waals surface area contributed by atoms with Crippen LogP contribution in [0.3, 0.4) is 0 Å². The Hall–Kier alpha value is -2.81. The van der Waals surface area contributed by atoms with Crippen LogP contribution >= 0.6 is 0 Å². The summed E-state index contributed by atoms with van der Waals surface area (Å²) in [4.78, 5) is 40.7. The second-order valence-electron chi connectivity index (χ2n) is 6.19. The molecule has 0 aliphatic carbocycles. The molecule has 0 radical (unpaired) electrons. The van der Waals surface area contributed by atoms with Gasteiger partial charge in [0.15, 0.2) is 0 Å². The number of aryl methyl sites for hydroxylation is 1. The number of hydrogen-bond donors (Lipinski definition) is 0. The molecule has 0 unspecified atom stereocenters. The molecular weight excluding hydrogens is 324 g/mol. The third kappa shape index (κ3) is 2.86. The van der Waals surface area contributed by atoms with Crippen LogP contribution in [-0.2, 0) is 23.1 Å². The minimum absolute atomic E-state index is 0.0266. The topological polar surface area (TPSA) is 93.5 Å². The Bertz CT molecular complexity index is 792. The maximum absolute atomic E-state index is 12.6. The molecule has 25 heavy (non-hydrogen) atoms. The van der Waals surface area contributed by atoms with Crippen LogP contribution in [0.5, 0.6) is 0 Å². The van der Waals surface area contributed by atoms with Gasteiger partial charge in [0.05, 0.1) is 24.9 Å². The normalized spacial score (nSPS) is 23.0. The fourth-order valence-corrected chi connectivity index (χ4v) is 3.31. The molecule has 4 heterocycles. The molecular formula is C16H18N6O3. The van der Waals surface area contributed by atoms with Gasteiger partial charge in [-0.15, -0.1) is 0 Å². The molecule has 2 saturated heterocycles. The highest BCUT2D eigenvalue weighted by atomic mass is 16.5. The van der Waals surface area contributed by atoms with E-state index >= 15 is 0 Å². The van der Waals surface area contributed by atoms with Crippen molar-refractivity contribution >= 4 is 11.8 Å². The van der Waals surface area contributed by atoms with Crippen LogP contribution in [0.1, 0.15) is 16.3 Å². The summed E-state index contributed by atoms with van der Waals surface area (Å²) in [6, 6.07) is -0.182. The molecule has 2 atom stereocenters. The number of ether oxygens (including phenoxy) is 1. The molecule has 2 aromatic rings. The van der Waals surface area contributed by atoms with Gasteiger partial charge in [-0.25, -0.2) is 9.97 Å². The van der Waals surface area contributed by atoms with Gasteiger partial charge >= 0.3 is 0 Å². The Morgan fingerprint density at radius 1 is 1.28 bits per heavy atom. The predicted octanol–water partition coefficient (Wildman–Crippen LogP) is -0.538. The first-order chi connectivity index (χ1) is 12.1. The Balaban J connectivity index is 1.53. The van der Waals surface area contributed by atoms with E-state index in [1.165, 1.54) is 18.6 Å². The van der Waals surface area contributed by atoms with Crippen molar-refractivity contribution in [3.8, 4) is 0 Å². The highest BCUT2D eigenvalue weighted by Crippen LogP contribution is 2.25. The molecule has 0 bridgehead atoms. The minimum atomic E-state index is -0.199. The first-order valence-electron chi connectivity index (χ1n) is 8.06. The molecule has 9 heteroatoms. The van der Waals surface area contributed by atoms with Crippen molar-refractivity contribution in [2.24, 2.45) is 7.05 Å². The molecule has 2 aromatic heterocycles. The van der Waals surface area contributed by atoms with E-state index in [-0.39, 0.29) is 30.6 Å². The maximum Gasteiger partial charge on any atom is 0.274 e. The zero-order chi connectivity index (χ0) is 17.4. The number of aromatic nitrogens is 4. The summed E-state index contributed by atoms with van der Waals surface area (Å²) in [6.45, 7) is 1.28. The van der Waals surface area contributed by atoms with Crippen molar-refractivity contribution in [2.45, 2.75) is 18.7 Å². The second kappa shape index (κ2) is 6.25. The summed E-state index contributed by atoms with van der Waals surface area (Å²) in [5.41, 5.74) is 0.295. The third-order valence-electron chi connectivity index (χ3n) is 4.68. The molecule has 2 amide bonds. The molecule has 9 nitrogen and oxygen atoms in total. The van der Waals surface area contributed by atoms with E-state index in [0.717, 1.165) is 5.82 Å². The minimum Gasteiger partial charge on any atom is -0.364 e. The van der Waals surface area contributed by atoms with Crippen LogP contribution in [0, 0.1) is 0 Å². The number of fused-ring (bicyclic) bond motifs is 1. The standard InChI is InChI=1S/C16H18N6O3/c1-20-5-4-19-14(20)9-22-12-7-21(8-13(12)25-10-15(22)23)16(24)11-6-17-2-3-18-11/h2-6,12-13H,7-10H2,1H3/t12-,13+/m1/s1. The van der Waals surface area contributed by atoms with Gasteiger partial charge in [0.2, 0.25) is 5.91 Å². The van der Waals surface area contributed by atoms with E-state index in [9.17, 15) is 9.59 Å². The lowest BCUT2D eigenvalue weighted by atomic mass is 10.1. The van der Waals surface area contributed by atoms with Gasteiger partial charge in [-0.2, -0.15) is 0 Å². The number of rotatable bonds is 3. The van der Waals surface area contributed by atoms with Gasteiger partial charge in [0.25, 0.3) is 5.91 Å². The molecule has 0 N–H and O–H groups in total. The highest BCUT2D eigenvalue weighted by molar-refractivity contribution is 5.92. The summed E-state index contributed by atoms with van der Waals surface area (Å²) in [5.74, 6) is 0.515. The van der Waals surface area contributed by atoms with E-state index in [1.54, 1.807) is 16.0 Å². The zero-order valence-corrected chi connectivity index (χ0v) is 13.8. The quantitative estimate of drug-likeness (QED) is 0.744. The van der Waals surface area contributed by atoms with Crippen LogP contribution < -0.4 is 0 Å². The molecule has 0 saturated carbocycles. The number of imidazole rings is 1. The summed E-state index contributed by atoms with van der Waals surface area (Å²) in [7, 11) is 1.89. The molecule has 2 aliphatic rings. The monoisotopic (exact) mass is 342 g/mol. The van der Waals surface area contributed by atoms with E-state index in [1.807, 2.05) is 17.8 Å². The highest BCUT2D eigenvalue weighted by Gasteiger charge is 2.45. The lowest BCUT2D eigenvalue weighted by Crippen LogP contribution is -2.53. The van der Waals surface area contributed by atoms with Crippen LogP contribution in [0.15, 0.2) is 31.0 Å². The number of carbonyl (C=O) groups excluding carboxylic acids is 2. The van der Waals surface area contributed by atoms with Gasteiger partial charge < -0.3 is 19.1 Å². The van der Waals surface area contributed by atoms with Gasteiger partial charge in [-0.1, -0.05) is 0 Å². The van der Waals surface area contributed by atoms with E-state index in [4.69, 9.17) is 4.74 Å². The van der Waals surface area contributed by atoms with Crippen molar-refractivity contribution in [3.63, 3.8) is 0 Å². The van der Waals surface area contributed by atoms with E-state index in [2.05, 4.69) is 15.0 Å². The summed E-state index contributed by atoms with van der Waals surface area (Å²) in [5, 5.41) is 0. The first kappa shape index (κ1) is 15.7. The molecule has 0 aromatic carbocycles. The van der Waals surface area contributed by atoms with E-state index < -0.39 is 0 Å². The largest absolute Gasteiger partial charge is 0.364 e. The Labute approximate surface area is 144 Å². The van der Waals surface area contributed by atoms with Crippen molar-refractivity contribution in [1.29, 1.82) is 0 Å². The van der Waals surface area contributed by atoms with Crippen LogP contribution in [0.2, 0.25) is 0 Å². The van der Waals surface area contributed by atoms with Crippen molar-refractivity contribution < 1.29 is 14.3 Å². The molecule has 130 valence electrons. The second-order valence-corrected chi connectivity index (χ2v) is 6.19. The van der Waals surface area contributed by atoms with Gasteiger partial charge in [-0.3, -0.25) is 14.6 Å². The van der Waals surface area contributed by atoms with Crippen LogP contribution in [0.4, 0.5) is 0 Å². The molecule has 4 rings (SSSR count). The Kier molecular flexibility index (Phi) is 3.92. The van der Waals surface area contributed by atoms with Crippen molar-refractivity contribution in [2.75, 3.05) is 19.7 Å². The third-order valence-corrected chi connectivity index (χ3v) is 4.68. The summed E-state index contributed by atoms with van der Waals surface area (Å²) >= 11 is 0. The molecule has 0 spiro atoms. The number of carbonyl (C=O) groups is 2. The molecule has 2 aliphatic heterocycles. The summed E-state index contributed by atoms with van der Waals surface area (Å²) in [6.07, 6.45) is 7.81. The lowest BCUT2D eigenvalue weighted by Gasteiger charge is -2.36. The fraction of sp³-hybridized carbons (Fsp3) is 0.438.